The lowest BCUT2D eigenvalue weighted by atomic mass is 9.98. The Bertz CT molecular complexity index is 339. The zero-order chi connectivity index (χ0) is 10.2. The monoisotopic (exact) mass is 191 g/mol. The molecule has 1 atom stereocenters. The average Bonchev–Trinajstić information content (AvgIpc) is 3.01. The summed E-state index contributed by atoms with van der Waals surface area (Å²) in [6.07, 6.45) is 2.72. The molecule has 3 N–H and O–H groups in total. The Labute approximate surface area is 82.5 Å². The van der Waals surface area contributed by atoms with E-state index < -0.39 is 5.72 Å². The van der Waals surface area contributed by atoms with Crippen molar-refractivity contribution in [3.63, 3.8) is 0 Å². The summed E-state index contributed by atoms with van der Waals surface area (Å²) in [5.74, 6) is 0.171. The van der Waals surface area contributed by atoms with Crippen LogP contribution >= 0.6 is 0 Å². The Hall–Kier alpha value is -1.19. The highest BCUT2D eigenvalue weighted by Crippen LogP contribution is 2.42. The minimum Gasteiger partial charge on any atom is -0.371 e. The van der Waals surface area contributed by atoms with Gasteiger partial charge in [0.25, 0.3) is 0 Å². The molecule has 3 heteroatoms. The molecule has 1 aromatic rings. The number of benzene rings is 1. The number of nitrogens with two attached hydrogens (primary N) is 1. The number of hydrogen-bond donors (Lipinski definition) is 2. The molecule has 0 spiro atoms. The van der Waals surface area contributed by atoms with Gasteiger partial charge in [0.1, 0.15) is 12.0 Å². The molecular formula is C11H13NO2. The summed E-state index contributed by atoms with van der Waals surface area (Å²) >= 11 is 0. The SMILES string of the molecule is N[C@@](O)(c1ccc(C=O)cc1)C1CC1. The van der Waals surface area contributed by atoms with Crippen LogP contribution in [0.1, 0.15) is 28.8 Å². The third-order valence-corrected chi connectivity index (χ3v) is 2.71. The van der Waals surface area contributed by atoms with Crippen molar-refractivity contribution in [2.75, 3.05) is 0 Å². The Morgan fingerprint density at radius 1 is 1.36 bits per heavy atom. The summed E-state index contributed by atoms with van der Waals surface area (Å²) in [5, 5.41) is 9.98. The predicted octanol–water partition coefficient (Wildman–Crippen LogP) is 1.01. The van der Waals surface area contributed by atoms with Crippen molar-refractivity contribution in [2.45, 2.75) is 18.6 Å². The standard InChI is InChI=1S/C11H13NO2/c12-11(14,10-5-6-10)9-3-1-8(7-13)2-4-9/h1-4,7,10,14H,5-6,12H2/t11-/m1/s1. The van der Waals surface area contributed by atoms with Crippen LogP contribution in [0.3, 0.4) is 0 Å². The molecule has 1 aliphatic rings. The number of aliphatic hydroxyl groups is 1. The van der Waals surface area contributed by atoms with E-state index in [0.717, 1.165) is 19.1 Å². The van der Waals surface area contributed by atoms with Gasteiger partial charge in [0.05, 0.1) is 0 Å². The topological polar surface area (TPSA) is 63.3 Å². The number of aldehydes is 1. The maximum Gasteiger partial charge on any atom is 0.150 e. The van der Waals surface area contributed by atoms with Crippen molar-refractivity contribution < 1.29 is 9.90 Å². The van der Waals surface area contributed by atoms with Crippen LogP contribution in [0.25, 0.3) is 0 Å². The molecule has 0 amide bonds. The predicted molar refractivity (Wildman–Crippen MR) is 52.6 cm³/mol. The number of carbonyl (C=O) groups is 1. The second kappa shape index (κ2) is 3.19. The maximum absolute atomic E-state index is 10.4. The van der Waals surface area contributed by atoms with Crippen LogP contribution in [0.2, 0.25) is 0 Å². The van der Waals surface area contributed by atoms with Crippen molar-refractivity contribution in [3.8, 4) is 0 Å². The van der Waals surface area contributed by atoms with Crippen molar-refractivity contribution in [3.05, 3.63) is 35.4 Å². The van der Waals surface area contributed by atoms with Gasteiger partial charge in [0, 0.05) is 11.5 Å². The largest absolute Gasteiger partial charge is 0.371 e. The van der Waals surface area contributed by atoms with Crippen LogP contribution in [0.15, 0.2) is 24.3 Å². The van der Waals surface area contributed by atoms with Crippen molar-refractivity contribution in [2.24, 2.45) is 11.7 Å². The zero-order valence-electron chi connectivity index (χ0n) is 7.81. The number of rotatable bonds is 3. The van der Waals surface area contributed by atoms with E-state index in [2.05, 4.69) is 0 Å². The maximum atomic E-state index is 10.4. The molecule has 14 heavy (non-hydrogen) atoms. The molecule has 1 saturated carbocycles. The molecule has 0 aliphatic heterocycles. The van der Waals surface area contributed by atoms with Gasteiger partial charge in [-0.15, -0.1) is 0 Å². The zero-order valence-corrected chi connectivity index (χ0v) is 7.81. The molecule has 0 aromatic heterocycles. The lowest BCUT2D eigenvalue weighted by Crippen LogP contribution is -2.38. The van der Waals surface area contributed by atoms with Crippen molar-refractivity contribution in [1.82, 2.24) is 0 Å². The molecule has 2 rings (SSSR count). The summed E-state index contributed by atoms with van der Waals surface area (Å²) < 4.78 is 0. The van der Waals surface area contributed by atoms with Crippen LogP contribution in [0.4, 0.5) is 0 Å². The molecule has 0 bridgehead atoms. The molecule has 0 heterocycles. The first-order chi connectivity index (χ1) is 6.64. The van der Waals surface area contributed by atoms with Crippen LogP contribution < -0.4 is 5.73 Å². The molecule has 0 saturated heterocycles. The summed E-state index contributed by atoms with van der Waals surface area (Å²) in [4.78, 5) is 10.4. The lowest BCUT2D eigenvalue weighted by Gasteiger charge is -2.23. The Balaban J connectivity index is 2.27. The summed E-state index contributed by atoms with van der Waals surface area (Å²) in [5.41, 5.74) is 5.86. The third kappa shape index (κ3) is 1.56. The van der Waals surface area contributed by atoms with E-state index in [-0.39, 0.29) is 5.92 Å². The van der Waals surface area contributed by atoms with Crippen LogP contribution in [0.5, 0.6) is 0 Å². The summed E-state index contributed by atoms with van der Waals surface area (Å²) in [7, 11) is 0. The fourth-order valence-electron chi connectivity index (χ4n) is 1.59. The fourth-order valence-corrected chi connectivity index (χ4v) is 1.59. The van der Waals surface area contributed by atoms with Gasteiger partial charge in [-0.3, -0.25) is 10.5 Å². The van der Waals surface area contributed by atoms with Crippen LogP contribution in [-0.4, -0.2) is 11.4 Å². The minimum absolute atomic E-state index is 0.171. The van der Waals surface area contributed by atoms with Gasteiger partial charge in [0.2, 0.25) is 0 Å². The van der Waals surface area contributed by atoms with E-state index in [4.69, 9.17) is 5.73 Å². The third-order valence-electron chi connectivity index (χ3n) is 2.71. The van der Waals surface area contributed by atoms with Crippen molar-refractivity contribution in [1.29, 1.82) is 0 Å². The molecule has 74 valence electrons. The Kier molecular flexibility index (Phi) is 2.13. The van der Waals surface area contributed by atoms with Gasteiger partial charge in [-0.2, -0.15) is 0 Å². The minimum atomic E-state index is -1.22. The van der Waals surface area contributed by atoms with Gasteiger partial charge in [-0.25, -0.2) is 0 Å². The van der Waals surface area contributed by atoms with Gasteiger partial charge in [-0.1, -0.05) is 24.3 Å². The van der Waals surface area contributed by atoms with E-state index in [1.165, 1.54) is 0 Å². The lowest BCUT2D eigenvalue weighted by molar-refractivity contribution is 0.0196. The van der Waals surface area contributed by atoms with E-state index in [0.29, 0.717) is 11.1 Å². The average molecular weight is 191 g/mol. The van der Waals surface area contributed by atoms with Gasteiger partial charge in [-0.05, 0) is 18.4 Å². The first kappa shape index (κ1) is 9.37. The first-order valence-electron chi connectivity index (χ1n) is 4.71. The quantitative estimate of drug-likeness (QED) is 0.553. The van der Waals surface area contributed by atoms with Gasteiger partial charge in [0.15, 0.2) is 0 Å². The second-order valence-electron chi connectivity index (χ2n) is 3.84. The normalized spacial score (nSPS) is 20.1. The number of carbonyl (C=O) groups excluding carboxylic acids is 1. The van der Waals surface area contributed by atoms with Gasteiger partial charge >= 0.3 is 0 Å². The molecule has 3 nitrogen and oxygen atoms in total. The Morgan fingerprint density at radius 2 is 1.93 bits per heavy atom. The van der Waals surface area contributed by atoms with E-state index in [9.17, 15) is 9.90 Å². The molecule has 0 radical (unpaired) electrons. The Morgan fingerprint density at radius 3 is 2.36 bits per heavy atom. The fraction of sp³-hybridized carbons (Fsp3) is 0.364. The summed E-state index contributed by atoms with van der Waals surface area (Å²) in [6.45, 7) is 0. The highest BCUT2D eigenvalue weighted by atomic mass is 16.3. The second-order valence-corrected chi connectivity index (χ2v) is 3.84. The molecule has 1 aromatic carbocycles. The van der Waals surface area contributed by atoms with Crippen molar-refractivity contribution >= 4 is 6.29 Å². The summed E-state index contributed by atoms with van der Waals surface area (Å²) in [6, 6.07) is 6.76. The highest BCUT2D eigenvalue weighted by Gasteiger charge is 2.41. The van der Waals surface area contributed by atoms with E-state index in [1.54, 1.807) is 24.3 Å². The molecule has 1 fully saturated rings. The van der Waals surface area contributed by atoms with Crippen LogP contribution in [-0.2, 0) is 5.72 Å². The van der Waals surface area contributed by atoms with Crippen LogP contribution in [0, 0.1) is 5.92 Å². The first-order valence-corrected chi connectivity index (χ1v) is 4.71. The van der Waals surface area contributed by atoms with E-state index in [1.807, 2.05) is 0 Å². The molecule has 0 unspecified atom stereocenters. The highest BCUT2D eigenvalue weighted by molar-refractivity contribution is 5.74. The molecule has 1 aliphatic carbocycles. The van der Waals surface area contributed by atoms with Gasteiger partial charge < -0.3 is 5.11 Å². The smallest absolute Gasteiger partial charge is 0.150 e. The van der Waals surface area contributed by atoms with E-state index >= 15 is 0 Å². The molecular weight excluding hydrogens is 178 g/mol. The number of hydrogen-bond acceptors (Lipinski definition) is 3.